The molecule has 0 saturated heterocycles. The maximum Gasteiger partial charge on any atom is 2.00 e. The van der Waals surface area contributed by atoms with Crippen LogP contribution < -0.4 is 0 Å². The van der Waals surface area contributed by atoms with E-state index in [1.807, 2.05) is 0 Å². The number of halogens is 1. The Morgan fingerprint density at radius 2 is 2.12 bits per heavy atom. The number of benzene rings is 1. The molecule has 0 radical (unpaired) electrons. The number of hydrogen-bond acceptors (Lipinski definition) is 0. The molecule has 0 unspecified atom stereocenters. The normalized spacial score (nSPS) is 7.62. The molecule has 0 heterocycles. The summed E-state index contributed by atoms with van der Waals surface area (Å²) in [5.41, 5.74) is 0. The third-order valence-corrected chi connectivity index (χ3v) is 0.671. The molecule has 0 atom stereocenters. The zero-order chi connectivity index (χ0) is 5.11. The third-order valence-electron chi connectivity index (χ3n) is 0.671. The van der Waals surface area contributed by atoms with Gasteiger partial charge < -0.3 is 0 Å². The fourth-order valence-electron chi connectivity index (χ4n) is 0.371. The number of rotatable bonds is 0. The van der Waals surface area contributed by atoms with Crippen molar-refractivity contribution in [3.63, 3.8) is 0 Å². The van der Waals surface area contributed by atoms with Crippen LogP contribution in [0, 0.1) is 11.9 Å². The molecule has 2 heteroatoms. The SMILES string of the molecule is Fc1[c-]cccc1.[Zn+2]. The summed E-state index contributed by atoms with van der Waals surface area (Å²) in [6.45, 7) is 0. The van der Waals surface area contributed by atoms with Gasteiger partial charge in [0, 0.05) is 5.82 Å². The molecule has 0 nitrogen and oxygen atoms in total. The van der Waals surface area contributed by atoms with Crippen LogP contribution in [0.5, 0.6) is 0 Å². The van der Waals surface area contributed by atoms with Gasteiger partial charge in [-0.05, 0) is 0 Å². The van der Waals surface area contributed by atoms with Gasteiger partial charge >= 0.3 is 19.5 Å². The standard InChI is InChI=1S/C6H4F.Zn/c7-6-4-2-1-3-5-6;/h1-4H;/q-1;+2. The molecule has 1 aromatic rings. The van der Waals surface area contributed by atoms with Gasteiger partial charge in [-0.2, -0.15) is 18.2 Å². The second-order valence-electron chi connectivity index (χ2n) is 1.21. The molecule has 1 rings (SSSR count). The molecule has 1 aromatic carbocycles. The van der Waals surface area contributed by atoms with Crippen molar-refractivity contribution >= 4 is 0 Å². The van der Waals surface area contributed by atoms with Gasteiger partial charge in [0.05, 0.1) is 0 Å². The van der Waals surface area contributed by atoms with E-state index in [9.17, 15) is 4.39 Å². The van der Waals surface area contributed by atoms with Crippen LogP contribution >= 0.6 is 0 Å². The monoisotopic (exact) mass is 159 g/mol. The van der Waals surface area contributed by atoms with Gasteiger partial charge in [0.1, 0.15) is 0 Å². The Morgan fingerprint density at radius 3 is 2.38 bits per heavy atom. The Kier molecular flexibility index (Phi) is 3.63. The van der Waals surface area contributed by atoms with E-state index in [0.717, 1.165) is 0 Å². The van der Waals surface area contributed by atoms with E-state index in [1.54, 1.807) is 12.1 Å². The predicted molar refractivity (Wildman–Crippen MR) is 25.2 cm³/mol. The topological polar surface area (TPSA) is 0 Å². The Balaban J connectivity index is 0.000000490. The van der Waals surface area contributed by atoms with Crippen LogP contribution in [-0.4, -0.2) is 0 Å². The van der Waals surface area contributed by atoms with E-state index < -0.39 is 0 Å². The van der Waals surface area contributed by atoms with Crippen molar-refractivity contribution in [1.29, 1.82) is 0 Å². The van der Waals surface area contributed by atoms with Crippen molar-refractivity contribution in [3.8, 4) is 0 Å². The van der Waals surface area contributed by atoms with Gasteiger partial charge in [0.25, 0.3) is 0 Å². The second kappa shape index (κ2) is 3.74. The van der Waals surface area contributed by atoms with Gasteiger partial charge in [-0.25, -0.2) is 4.39 Å². The van der Waals surface area contributed by atoms with E-state index in [0.29, 0.717) is 0 Å². The quantitative estimate of drug-likeness (QED) is 0.400. The minimum atomic E-state index is -0.303. The van der Waals surface area contributed by atoms with Crippen molar-refractivity contribution < 1.29 is 23.9 Å². The summed E-state index contributed by atoms with van der Waals surface area (Å²) in [6.07, 6.45) is 0. The Hall–Kier alpha value is -0.227. The van der Waals surface area contributed by atoms with Crippen molar-refractivity contribution in [2.45, 2.75) is 0 Å². The van der Waals surface area contributed by atoms with Gasteiger partial charge in [0.15, 0.2) is 0 Å². The zero-order valence-corrected chi connectivity index (χ0v) is 7.36. The molecule has 0 aromatic heterocycles. The Labute approximate surface area is 60.5 Å². The van der Waals surface area contributed by atoms with Gasteiger partial charge in [-0.1, -0.05) is 0 Å². The van der Waals surface area contributed by atoms with Crippen molar-refractivity contribution in [2.75, 3.05) is 0 Å². The van der Waals surface area contributed by atoms with Gasteiger partial charge in [-0.15, -0.1) is 12.1 Å². The van der Waals surface area contributed by atoms with Gasteiger partial charge in [-0.3, -0.25) is 0 Å². The average molecular weight is 160 g/mol. The first-order chi connectivity index (χ1) is 3.39. The molecule has 0 fully saturated rings. The molecule has 0 amide bonds. The maximum atomic E-state index is 11.9. The van der Waals surface area contributed by atoms with Gasteiger partial charge in [0.2, 0.25) is 0 Å². The van der Waals surface area contributed by atoms with Crippen LogP contribution in [0.15, 0.2) is 24.3 Å². The fourth-order valence-corrected chi connectivity index (χ4v) is 0.371. The van der Waals surface area contributed by atoms with Crippen molar-refractivity contribution in [1.82, 2.24) is 0 Å². The van der Waals surface area contributed by atoms with E-state index >= 15 is 0 Å². The van der Waals surface area contributed by atoms with Crippen LogP contribution in [0.25, 0.3) is 0 Å². The molecule has 0 bridgehead atoms. The third kappa shape index (κ3) is 2.18. The van der Waals surface area contributed by atoms with E-state index in [1.165, 1.54) is 12.1 Å². The van der Waals surface area contributed by atoms with Crippen molar-refractivity contribution in [3.05, 3.63) is 36.1 Å². The molecular weight excluding hydrogens is 156 g/mol. The molecule has 0 aliphatic heterocycles. The molecule has 0 N–H and O–H groups in total. The second-order valence-corrected chi connectivity index (χ2v) is 1.21. The van der Waals surface area contributed by atoms with Crippen molar-refractivity contribution in [2.24, 2.45) is 0 Å². The average Bonchev–Trinajstić information content (AvgIpc) is 1.69. The largest absolute Gasteiger partial charge is 2.00 e. The molecule has 0 aliphatic rings. The number of hydrogen-bond donors (Lipinski definition) is 0. The maximum absolute atomic E-state index is 11.9. The fraction of sp³-hybridized carbons (Fsp3) is 0. The predicted octanol–water partition coefficient (Wildman–Crippen LogP) is 1.62. The van der Waals surface area contributed by atoms with E-state index in [-0.39, 0.29) is 25.3 Å². The van der Waals surface area contributed by atoms with Crippen LogP contribution in [-0.2, 0) is 19.5 Å². The summed E-state index contributed by atoms with van der Waals surface area (Å²) in [5, 5.41) is 0. The van der Waals surface area contributed by atoms with Crippen LogP contribution in [0.1, 0.15) is 0 Å². The first kappa shape index (κ1) is 7.77. The summed E-state index contributed by atoms with van der Waals surface area (Å²) in [4.78, 5) is 0. The first-order valence-electron chi connectivity index (χ1n) is 2.02. The van der Waals surface area contributed by atoms with E-state index in [4.69, 9.17) is 0 Å². The summed E-state index contributed by atoms with van der Waals surface area (Å²) in [7, 11) is 0. The summed E-state index contributed by atoms with van der Waals surface area (Å²) in [6, 6.07) is 8.62. The zero-order valence-electron chi connectivity index (χ0n) is 4.39. The minimum absolute atomic E-state index is 0. The van der Waals surface area contributed by atoms with E-state index in [2.05, 4.69) is 6.07 Å². The summed E-state index contributed by atoms with van der Waals surface area (Å²) in [5.74, 6) is -0.303. The molecular formula is C6H4FZn+. The Bertz CT molecular complexity index is 138. The molecule has 0 spiro atoms. The smallest absolute Gasteiger partial charge is 0.236 e. The Morgan fingerprint density at radius 1 is 1.38 bits per heavy atom. The molecule has 8 heavy (non-hydrogen) atoms. The summed E-state index contributed by atoms with van der Waals surface area (Å²) < 4.78 is 11.9. The minimum Gasteiger partial charge on any atom is -0.236 e. The van der Waals surface area contributed by atoms with Crippen LogP contribution in [0.2, 0.25) is 0 Å². The molecule has 0 aliphatic carbocycles. The summed E-state index contributed by atoms with van der Waals surface area (Å²) >= 11 is 0. The first-order valence-corrected chi connectivity index (χ1v) is 2.02. The molecule has 36 valence electrons. The van der Waals surface area contributed by atoms with Crippen LogP contribution in [0.3, 0.4) is 0 Å². The van der Waals surface area contributed by atoms with Crippen LogP contribution in [0.4, 0.5) is 4.39 Å². The molecule has 0 saturated carbocycles.